The number of likely N-dealkylation sites (tertiary alicyclic amines) is 1. The lowest BCUT2D eigenvalue weighted by Crippen LogP contribution is -3.00. The molecular weight excluding hydrogens is 692 g/mol. The molecule has 4 atom stereocenters. The molecular formula is C29H36Br2N4O4S2. The van der Waals surface area contributed by atoms with Gasteiger partial charge >= 0.3 is 5.97 Å². The molecule has 6 rings (SSSR count). The number of benzene rings is 1. The van der Waals surface area contributed by atoms with Gasteiger partial charge in [0, 0.05) is 29.9 Å². The highest BCUT2D eigenvalue weighted by atomic mass is 79.9. The highest BCUT2D eigenvalue weighted by Gasteiger charge is 2.60. The molecule has 1 aromatic carbocycles. The van der Waals surface area contributed by atoms with Crippen LogP contribution < -0.4 is 38.5 Å². The fourth-order valence-electron chi connectivity index (χ4n) is 6.91. The third-order valence-corrected chi connectivity index (χ3v) is 10.9. The van der Waals surface area contributed by atoms with Crippen molar-refractivity contribution in [1.29, 1.82) is 0 Å². The van der Waals surface area contributed by atoms with Crippen LogP contribution in [0.2, 0.25) is 0 Å². The Kier molecular flexibility index (Phi) is 9.53. The normalized spacial score (nSPS) is 23.7. The number of amides is 1. The van der Waals surface area contributed by atoms with Gasteiger partial charge in [-0.1, -0.05) is 54.3 Å². The first-order valence-electron chi connectivity index (χ1n) is 13.6. The number of thioether (sulfide) groups is 1. The molecule has 41 heavy (non-hydrogen) atoms. The molecule has 0 saturated carbocycles. The van der Waals surface area contributed by atoms with E-state index < -0.39 is 18.0 Å². The van der Waals surface area contributed by atoms with E-state index in [2.05, 4.69) is 52.9 Å². The van der Waals surface area contributed by atoms with Crippen molar-refractivity contribution in [2.45, 2.75) is 57.0 Å². The Balaban J connectivity index is 0.00000194. The van der Waals surface area contributed by atoms with Crippen molar-refractivity contribution in [1.82, 2.24) is 9.30 Å². The molecule has 2 fully saturated rings. The van der Waals surface area contributed by atoms with E-state index in [0.717, 1.165) is 32.3 Å². The van der Waals surface area contributed by atoms with Gasteiger partial charge in [0.1, 0.15) is 25.0 Å². The van der Waals surface area contributed by atoms with E-state index in [1.165, 1.54) is 42.0 Å². The van der Waals surface area contributed by atoms with Crippen molar-refractivity contribution in [3.05, 3.63) is 58.5 Å². The van der Waals surface area contributed by atoms with Crippen molar-refractivity contribution in [3.8, 4) is 0 Å². The van der Waals surface area contributed by atoms with Gasteiger partial charge in [0.05, 0.1) is 43.1 Å². The van der Waals surface area contributed by atoms with E-state index in [1.807, 2.05) is 13.1 Å². The SMILES string of the molecule is CSc1c2sc(C3=C(C(=O)O)N4C(=O)[C@H]([C@@H](C)O)[C@H]4[C@H]3C)cn2c[n+]1Cc1ccc(C[N+]2(C)CCCC2)cc1.[Br-].[Br-]. The van der Waals surface area contributed by atoms with E-state index in [0.29, 0.717) is 5.57 Å². The van der Waals surface area contributed by atoms with Crippen molar-refractivity contribution >= 4 is 45.4 Å². The molecule has 0 unspecified atom stereocenters. The van der Waals surface area contributed by atoms with Crippen molar-refractivity contribution in [2.75, 3.05) is 26.4 Å². The molecule has 3 aliphatic rings. The average molecular weight is 729 g/mol. The van der Waals surface area contributed by atoms with Crippen molar-refractivity contribution in [3.63, 3.8) is 0 Å². The van der Waals surface area contributed by atoms with E-state index in [4.69, 9.17) is 0 Å². The van der Waals surface area contributed by atoms with Gasteiger partial charge in [0.15, 0.2) is 0 Å². The van der Waals surface area contributed by atoms with Crippen LogP contribution in [0.3, 0.4) is 0 Å². The van der Waals surface area contributed by atoms with Crippen LogP contribution in [0.5, 0.6) is 0 Å². The Morgan fingerprint density at radius 1 is 1.20 bits per heavy atom. The number of aliphatic hydroxyl groups is 1. The lowest BCUT2D eigenvalue weighted by atomic mass is 9.77. The van der Waals surface area contributed by atoms with Gasteiger partial charge in [-0.25, -0.2) is 9.36 Å². The first kappa shape index (κ1) is 32.2. The topological polar surface area (TPSA) is 86.1 Å². The minimum Gasteiger partial charge on any atom is -1.00 e. The number of quaternary nitrogens is 1. The highest BCUT2D eigenvalue weighted by molar-refractivity contribution is 7.98. The smallest absolute Gasteiger partial charge is 0.352 e. The molecule has 5 heterocycles. The molecule has 12 heteroatoms. The zero-order valence-corrected chi connectivity index (χ0v) is 28.4. The number of aliphatic hydroxyl groups excluding tert-OH is 1. The molecule has 2 N–H and O–H groups in total. The van der Waals surface area contributed by atoms with Crippen LogP contribution in [0.25, 0.3) is 10.4 Å². The number of hydrogen-bond donors (Lipinski definition) is 2. The van der Waals surface area contributed by atoms with Gasteiger partial charge in [-0.15, -0.1) is 0 Å². The van der Waals surface area contributed by atoms with E-state index >= 15 is 0 Å². The molecule has 1 amide bonds. The lowest BCUT2D eigenvalue weighted by molar-refractivity contribution is -0.910. The number of halogens is 2. The third-order valence-electron chi connectivity index (χ3n) is 8.82. The van der Waals surface area contributed by atoms with Crippen LogP contribution in [0, 0.1) is 11.8 Å². The monoisotopic (exact) mass is 726 g/mol. The number of carboxylic acids is 1. The number of hydrogen-bond acceptors (Lipinski definition) is 5. The molecule has 0 aliphatic carbocycles. The number of thiazole rings is 1. The molecule has 3 aromatic rings. The Morgan fingerprint density at radius 2 is 1.83 bits per heavy atom. The standard InChI is InChI=1S/C29H35N4O4S2.2BrH/c1-17-22(25(29(36)37)32-24(17)23(18(2)34)26(32)35)21-14-31-16-30(27(38-4)28(31)39-21)13-19-7-9-20(10-8-19)15-33(3)11-5-6-12-33;;/h7-10,14,16-18,23-24,34H,5-6,11-13,15H2,1-4H3;2*1H/q+1;;/p-1/t17-,18+,23+,24+;;/m0../s1. The fourth-order valence-corrected chi connectivity index (χ4v) is 9.09. The fraction of sp³-hybridized carbons (Fsp3) is 0.483. The van der Waals surface area contributed by atoms with Crippen LogP contribution in [0.4, 0.5) is 0 Å². The average Bonchev–Trinajstić information content (AvgIpc) is 3.61. The molecule has 2 saturated heterocycles. The first-order valence-corrected chi connectivity index (χ1v) is 15.6. The summed E-state index contributed by atoms with van der Waals surface area (Å²) in [5.74, 6) is -2.14. The number of aliphatic carboxylic acids is 1. The minimum atomic E-state index is -1.10. The summed E-state index contributed by atoms with van der Waals surface area (Å²) in [4.78, 5) is 28.3. The van der Waals surface area contributed by atoms with Crippen molar-refractivity contribution in [2.24, 2.45) is 11.8 Å². The number of carboxylic acid groups (broad SMARTS) is 1. The van der Waals surface area contributed by atoms with Crippen LogP contribution in [0.15, 0.2) is 47.5 Å². The quantitative estimate of drug-likeness (QED) is 0.116. The number of fused-ring (bicyclic) bond motifs is 2. The lowest BCUT2D eigenvalue weighted by Gasteiger charge is -2.46. The van der Waals surface area contributed by atoms with Gasteiger partial charge in [0.25, 0.3) is 6.33 Å². The summed E-state index contributed by atoms with van der Waals surface area (Å²) in [6.45, 7) is 7.93. The second-order valence-electron chi connectivity index (χ2n) is 11.6. The second kappa shape index (κ2) is 12.1. The Hall–Kier alpha value is -1.70. The number of imidazole rings is 1. The molecule has 2 aromatic heterocycles. The first-order chi connectivity index (χ1) is 18.6. The maximum Gasteiger partial charge on any atom is 0.352 e. The zero-order valence-electron chi connectivity index (χ0n) is 23.6. The maximum atomic E-state index is 12.7. The predicted octanol–water partition coefficient (Wildman–Crippen LogP) is -2.54. The second-order valence-corrected chi connectivity index (χ2v) is 13.5. The van der Waals surface area contributed by atoms with Gasteiger partial charge in [-0.2, -0.15) is 4.40 Å². The minimum absolute atomic E-state index is 0. The Bertz CT molecular complexity index is 1490. The molecule has 0 bridgehead atoms. The number of aromatic nitrogens is 2. The molecule has 8 nitrogen and oxygen atoms in total. The number of rotatable bonds is 8. The summed E-state index contributed by atoms with van der Waals surface area (Å²) in [7, 11) is 2.36. The highest BCUT2D eigenvalue weighted by Crippen LogP contribution is 2.51. The van der Waals surface area contributed by atoms with Crippen LogP contribution >= 0.6 is 23.1 Å². The third kappa shape index (κ3) is 5.44. The zero-order chi connectivity index (χ0) is 27.6. The van der Waals surface area contributed by atoms with Crippen molar-refractivity contribution < 1.29 is 62.8 Å². The summed E-state index contributed by atoms with van der Waals surface area (Å²) < 4.78 is 5.45. The van der Waals surface area contributed by atoms with Gasteiger partial charge < -0.3 is 53.6 Å². The number of nitrogens with zero attached hydrogens (tertiary/aromatic N) is 4. The van der Waals surface area contributed by atoms with E-state index in [1.54, 1.807) is 30.0 Å². The van der Waals surface area contributed by atoms with Crippen LogP contribution in [0.1, 0.15) is 42.7 Å². The Morgan fingerprint density at radius 3 is 2.41 bits per heavy atom. The van der Waals surface area contributed by atoms with E-state index in [9.17, 15) is 19.8 Å². The number of carbonyl (C=O) groups excluding carboxylic acids is 1. The number of β-lactam (4-membered cyclic amide) rings is 1. The molecule has 0 radical (unpaired) electrons. The summed E-state index contributed by atoms with van der Waals surface area (Å²) in [6.07, 6.45) is 7.96. The van der Waals surface area contributed by atoms with Gasteiger partial charge in [-0.05, 0) is 18.7 Å². The van der Waals surface area contributed by atoms with Crippen LogP contribution in [-0.2, 0) is 22.7 Å². The van der Waals surface area contributed by atoms with E-state index in [-0.39, 0.29) is 57.5 Å². The molecule has 3 aliphatic heterocycles. The maximum absolute atomic E-state index is 12.7. The summed E-state index contributed by atoms with van der Waals surface area (Å²) in [6, 6.07) is 8.67. The molecule has 222 valence electrons. The summed E-state index contributed by atoms with van der Waals surface area (Å²) in [5.41, 5.74) is 3.37. The largest absolute Gasteiger partial charge is 1.00 e. The molecule has 0 spiro atoms. The van der Waals surface area contributed by atoms with Gasteiger partial charge in [0.2, 0.25) is 15.8 Å². The van der Waals surface area contributed by atoms with Gasteiger partial charge in [-0.3, -0.25) is 4.79 Å². The van der Waals surface area contributed by atoms with Crippen LogP contribution in [-0.4, -0.2) is 74.4 Å². The Labute approximate surface area is 269 Å². The summed E-state index contributed by atoms with van der Waals surface area (Å²) in [5, 5.41) is 21.3. The number of carbonyl (C=O) groups is 2. The summed E-state index contributed by atoms with van der Waals surface area (Å²) >= 11 is 3.24. The predicted molar refractivity (Wildman–Crippen MR) is 151 cm³/mol.